The highest BCUT2D eigenvalue weighted by Crippen LogP contribution is 2.64. The fourth-order valence-electron chi connectivity index (χ4n) is 7.39. The molecular weight excluding hydrogens is 352 g/mol. The molecule has 0 heterocycles. The maximum atomic E-state index is 10.2. The molecule has 2 fully saturated rings. The molecule has 162 valence electrons. The molecule has 0 bridgehead atoms. The van der Waals surface area contributed by atoms with Crippen molar-refractivity contribution < 1.29 is 5.11 Å². The third kappa shape index (κ3) is 3.50. The number of rotatable bonds is 5. The molecule has 0 unspecified atom stereocenters. The summed E-state index contributed by atoms with van der Waals surface area (Å²) in [5, 5.41) is 10.2. The molecule has 2 saturated carbocycles. The van der Waals surface area contributed by atoms with Crippen molar-refractivity contribution in [1.29, 1.82) is 0 Å². The summed E-state index contributed by atoms with van der Waals surface area (Å²) in [4.78, 5) is 0. The number of hydrogen-bond acceptors (Lipinski definition) is 1. The lowest BCUT2D eigenvalue weighted by Gasteiger charge is -2.50. The van der Waals surface area contributed by atoms with Gasteiger partial charge >= 0.3 is 0 Å². The van der Waals surface area contributed by atoms with Crippen molar-refractivity contribution in [3.8, 4) is 0 Å². The van der Waals surface area contributed by atoms with E-state index in [9.17, 15) is 5.11 Å². The van der Waals surface area contributed by atoms with E-state index in [1.54, 1.807) is 11.1 Å². The van der Waals surface area contributed by atoms with E-state index in [0.717, 1.165) is 48.9 Å². The van der Waals surface area contributed by atoms with E-state index >= 15 is 0 Å². The number of hydrogen-bond donors (Lipinski definition) is 1. The molecule has 0 spiro atoms. The van der Waals surface area contributed by atoms with Crippen molar-refractivity contribution in [2.45, 2.75) is 99.0 Å². The minimum atomic E-state index is -0.135. The third-order valence-corrected chi connectivity index (χ3v) is 9.94. The molecule has 7 atom stereocenters. The second-order valence-electron chi connectivity index (χ2n) is 11.9. The van der Waals surface area contributed by atoms with Crippen LogP contribution in [0.2, 0.25) is 0 Å². The van der Waals surface area contributed by atoms with Gasteiger partial charge in [-0.1, -0.05) is 78.2 Å². The molecule has 0 radical (unpaired) electrons. The van der Waals surface area contributed by atoms with Crippen LogP contribution < -0.4 is 0 Å². The Balaban J connectivity index is 1.56. The van der Waals surface area contributed by atoms with Gasteiger partial charge in [0, 0.05) is 5.41 Å². The average molecular weight is 397 g/mol. The predicted octanol–water partition coefficient (Wildman–Crippen LogP) is 7.47. The summed E-state index contributed by atoms with van der Waals surface area (Å²) in [6.07, 6.45) is 17.1. The Morgan fingerprint density at radius 3 is 2.52 bits per heavy atom. The van der Waals surface area contributed by atoms with Gasteiger partial charge in [0.15, 0.2) is 0 Å². The molecule has 1 N–H and O–H groups in total. The molecular formula is C28H44O. The second kappa shape index (κ2) is 7.70. The molecule has 0 aromatic carbocycles. The Kier molecular flexibility index (Phi) is 5.69. The van der Waals surface area contributed by atoms with Crippen LogP contribution in [0.1, 0.15) is 92.9 Å². The van der Waals surface area contributed by atoms with E-state index in [1.807, 2.05) is 0 Å². The van der Waals surface area contributed by atoms with Gasteiger partial charge in [-0.3, -0.25) is 0 Å². The Morgan fingerprint density at radius 1 is 1.03 bits per heavy atom. The summed E-state index contributed by atoms with van der Waals surface area (Å²) >= 11 is 0. The predicted molar refractivity (Wildman–Crippen MR) is 124 cm³/mol. The summed E-state index contributed by atoms with van der Waals surface area (Å²) in [6, 6.07) is 0. The smallest absolute Gasteiger partial charge is 0.0578 e. The monoisotopic (exact) mass is 396 g/mol. The van der Waals surface area contributed by atoms with Crippen molar-refractivity contribution in [2.75, 3.05) is 0 Å². The average Bonchev–Trinajstić information content (AvgIpc) is 3.03. The fraction of sp³-hybridized carbons (Fsp3) is 0.786. The summed E-state index contributed by atoms with van der Waals surface area (Å²) < 4.78 is 0. The molecule has 1 heteroatoms. The molecule has 0 aromatic rings. The second-order valence-corrected chi connectivity index (χ2v) is 11.9. The van der Waals surface area contributed by atoms with Gasteiger partial charge in [-0.15, -0.1) is 0 Å². The zero-order valence-corrected chi connectivity index (χ0v) is 19.8. The zero-order valence-electron chi connectivity index (χ0n) is 19.8. The van der Waals surface area contributed by atoms with Crippen LogP contribution in [-0.2, 0) is 0 Å². The lowest BCUT2D eigenvalue weighted by Crippen LogP contribution is -2.41. The summed E-state index contributed by atoms with van der Waals surface area (Å²) in [5.41, 5.74) is 5.38. The maximum Gasteiger partial charge on any atom is 0.0578 e. The first kappa shape index (κ1) is 21.4. The van der Waals surface area contributed by atoms with Gasteiger partial charge in [0.25, 0.3) is 0 Å². The van der Waals surface area contributed by atoms with Crippen molar-refractivity contribution in [3.63, 3.8) is 0 Å². The van der Waals surface area contributed by atoms with Gasteiger partial charge in [0.05, 0.1) is 6.10 Å². The van der Waals surface area contributed by atoms with Gasteiger partial charge in [-0.2, -0.15) is 0 Å². The first-order chi connectivity index (χ1) is 13.7. The van der Waals surface area contributed by atoms with Crippen molar-refractivity contribution in [2.24, 2.45) is 40.4 Å². The lowest BCUT2D eigenvalue weighted by molar-refractivity contribution is 0.105. The fourth-order valence-corrected chi connectivity index (χ4v) is 7.39. The van der Waals surface area contributed by atoms with Crippen molar-refractivity contribution in [1.82, 2.24) is 0 Å². The third-order valence-electron chi connectivity index (χ3n) is 9.94. The van der Waals surface area contributed by atoms with Crippen LogP contribution >= 0.6 is 0 Å². The highest BCUT2D eigenvalue weighted by molar-refractivity contribution is 5.53. The van der Waals surface area contributed by atoms with E-state index in [4.69, 9.17) is 0 Å². The van der Waals surface area contributed by atoms with E-state index in [1.165, 1.54) is 37.7 Å². The molecule has 4 aliphatic carbocycles. The van der Waals surface area contributed by atoms with Crippen LogP contribution in [0.5, 0.6) is 0 Å². The van der Waals surface area contributed by atoms with Crippen LogP contribution in [0.25, 0.3) is 0 Å². The van der Waals surface area contributed by atoms with Gasteiger partial charge in [-0.05, 0) is 84.7 Å². The van der Waals surface area contributed by atoms with E-state index < -0.39 is 0 Å². The standard InChI is InChI=1S/C28H44O/c1-18(2)19(3)7-8-20(4)24-11-12-25-23-10-9-21-17-22(29)13-15-27(21,5)26(23)14-16-28(24,25)6/h9-10,14,18-20,22,24-25,29H,7-8,11-13,15-17H2,1-6H3/t19-,20-,22+,24-,25+,27+,28-/m1/s1. The van der Waals surface area contributed by atoms with Crippen LogP contribution in [-0.4, -0.2) is 11.2 Å². The largest absolute Gasteiger partial charge is 0.393 e. The minimum absolute atomic E-state index is 0.135. The number of aliphatic hydroxyl groups excluding tert-OH is 1. The molecule has 0 amide bonds. The van der Waals surface area contributed by atoms with Gasteiger partial charge in [0.1, 0.15) is 0 Å². The van der Waals surface area contributed by atoms with Crippen LogP contribution in [0.15, 0.2) is 34.9 Å². The molecule has 0 saturated heterocycles. The SMILES string of the molecule is CC(C)[C@H](C)CC[C@@H](C)[C@H]1CC[C@H]2C3=CC=C4C[C@@H](O)CC[C@]4(C)C3=CC[C@]12C. The van der Waals surface area contributed by atoms with E-state index in [2.05, 4.69) is 59.8 Å². The van der Waals surface area contributed by atoms with Crippen molar-refractivity contribution >= 4 is 0 Å². The Bertz CT molecular complexity index is 725. The quantitative estimate of drug-likeness (QED) is 0.511. The molecule has 4 aliphatic rings. The van der Waals surface area contributed by atoms with Gasteiger partial charge < -0.3 is 5.11 Å². The Morgan fingerprint density at radius 2 is 1.79 bits per heavy atom. The molecule has 29 heavy (non-hydrogen) atoms. The molecule has 4 rings (SSSR count). The number of fused-ring (bicyclic) bond motifs is 5. The summed E-state index contributed by atoms with van der Waals surface area (Å²) in [5.74, 6) is 4.07. The molecule has 1 nitrogen and oxygen atoms in total. The van der Waals surface area contributed by atoms with Crippen LogP contribution in [0.3, 0.4) is 0 Å². The molecule has 0 aliphatic heterocycles. The first-order valence-corrected chi connectivity index (χ1v) is 12.5. The highest BCUT2D eigenvalue weighted by Gasteiger charge is 2.54. The topological polar surface area (TPSA) is 20.2 Å². The van der Waals surface area contributed by atoms with Crippen LogP contribution in [0.4, 0.5) is 0 Å². The van der Waals surface area contributed by atoms with E-state index in [0.29, 0.717) is 5.41 Å². The first-order valence-electron chi connectivity index (χ1n) is 12.5. The molecule has 0 aromatic heterocycles. The lowest BCUT2D eigenvalue weighted by atomic mass is 9.54. The normalized spacial score (nSPS) is 41.0. The number of allylic oxidation sites excluding steroid dienone is 5. The zero-order chi connectivity index (χ0) is 21.0. The summed E-state index contributed by atoms with van der Waals surface area (Å²) in [7, 11) is 0. The highest BCUT2D eigenvalue weighted by atomic mass is 16.3. The maximum absolute atomic E-state index is 10.2. The Labute approximate surface area is 179 Å². The van der Waals surface area contributed by atoms with Gasteiger partial charge in [0.2, 0.25) is 0 Å². The summed E-state index contributed by atoms with van der Waals surface area (Å²) in [6.45, 7) is 14.8. The van der Waals surface area contributed by atoms with Gasteiger partial charge in [-0.25, -0.2) is 0 Å². The van der Waals surface area contributed by atoms with Crippen LogP contribution in [0, 0.1) is 40.4 Å². The van der Waals surface area contributed by atoms with Crippen molar-refractivity contribution in [3.05, 3.63) is 34.9 Å². The Hall–Kier alpha value is -0.820. The number of aliphatic hydroxyl groups is 1. The van der Waals surface area contributed by atoms with E-state index in [-0.39, 0.29) is 11.5 Å². The minimum Gasteiger partial charge on any atom is -0.393 e.